The smallest absolute Gasteiger partial charge is 0.539 e. The standard InChI is InChI=1S/2C2H2O4.2Li.2Ti/c2*3-1(4)2(5)6;;;;/h2*(H,3,4)(H,5,6);;;;/q;;2*+1;;/p-2. The molecule has 0 radical (unpaired) electrons. The summed E-state index contributed by atoms with van der Waals surface area (Å²) in [6.45, 7) is 0. The molecule has 0 fully saturated rings. The first-order valence-corrected chi connectivity index (χ1v) is 2.17. The Kier molecular flexibility index (Phi) is 46.9. The van der Waals surface area contributed by atoms with Crippen molar-refractivity contribution in [2.24, 2.45) is 0 Å². The molecular weight excluding hydrogens is 286 g/mol. The van der Waals surface area contributed by atoms with E-state index in [1.807, 2.05) is 0 Å². The van der Waals surface area contributed by atoms with Crippen molar-refractivity contribution >= 4 is 23.9 Å². The zero-order chi connectivity index (χ0) is 10.3. The van der Waals surface area contributed by atoms with Gasteiger partial charge in [0.25, 0.3) is 0 Å². The average Bonchev–Trinajstić information content (AvgIpc) is 1.88. The van der Waals surface area contributed by atoms with Gasteiger partial charge in [-0.2, -0.15) is 0 Å². The second-order valence-corrected chi connectivity index (χ2v) is 1.19. The first kappa shape index (κ1) is 36.0. The molecule has 0 bridgehead atoms. The summed E-state index contributed by atoms with van der Waals surface area (Å²) in [4.78, 5) is 36.1. The van der Waals surface area contributed by atoms with Crippen LogP contribution in [0, 0.1) is 0 Å². The summed E-state index contributed by atoms with van der Waals surface area (Å²) in [5.41, 5.74) is 0. The van der Waals surface area contributed by atoms with Gasteiger partial charge in [-0.3, -0.25) is 0 Å². The van der Waals surface area contributed by atoms with Crippen LogP contribution in [0.5, 0.6) is 0 Å². The van der Waals surface area contributed by atoms with Crippen LogP contribution in [0.25, 0.3) is 0 Å². The quantitative estimate of drug-likeness (QED) is 0.329. The molecule has 0 aromatic rings. The third-order valence-corrected chi connectivity index (χ3v) is 0.349. The summed E-state index contributed by atoms with van der Waals surface area (Å²) < 4.78 is 0. The molecule has 12 heteroatoms. The minimum absolute atomic E-state index is 0. The van der Waals surface area contributed by atoms with E-state index in [9.17, 15) is 0 Å². The van der Waals surface area contributed by atoms with Gasteiger partial charge >= 0.3 is 49.7 Å². The molecule has 0 aromatic carbocycles. The van der Waals surface area contributed by atoms with Crippen LogP contribution in [0.2, 0.25) is 0 Å². The van der Waals surface area contributed by atoms with Gasteiger partial charge in [0, 0.05) is 43.4 Å². The van der Waals surface area contributed by atoms with E-state index >= 15 is 0 Å². The Morgan fingerprint density at radius 1 is 0.688 bits per heavy atom. The molecule has 2 N–H and O–H groups in total. The molecule has 0 aliphatic carbocycles. The van der Waals surface area contributed by atoms with Gasteiger partial charge in [-0.25, -0.2) is 9.59 Å². The van der Waals surface area contributed by atoms with E-state index < -0.39 is 23.9 Å². The monoisotopic (exact) mass is 288 g/mol. The predicted octanol–water partition coefficient (Wildman–Crippen LogP) is -10.4. The summed E-state index contributed by atoms with van der Waals surface area (Å²) in [5, 5.41) is 32.6. The van der Waals surface area contributed by atoms with E-state index in [1.165, 1.54) is 0 Å². The van der Waals surface area contributed by atoms with Gasteiger partial charge in [-0.05, 0) is 0 Å². The minimum atomic E-state index is -2.07. The molecule has 0 aliphatic rings. The van der Waals surface area contributed by atoms with E-state index in [2.05, 4.69) is 0 Å². The van der Waals surface area contributed by atoms with Crippen molar-refractivity contribution in [1.82, 2.24) is 0 Å². The summed E-state index contributed by atoms with van der Waals surface area (Å²) in [7, 11) is 0. The van der Waals surface area contributed by atoms with Gasteiger partial charge in [0.05, 0.1) is 0 Å². The van der Waals surface area contributed by atoms with Crippen molar-refractivity contribution in [2.45, 2.75) is 0 Å². The second kappa shape index (κ2) is 20.9. The number of hydrogen-bond acceptors (Lipinski definition) is 6. The maximum Gasteiger partial charge on any atom is 1.00 e. The molecule has 8 nitrogen and oxygen atoms in total. The zero-order valence-corrected chi connectivity index (χ0v) is 11.5. The zero-order valence-electron chi connectivity index (χ0n) is 8.34. The molecule has 0 spiro atoms. The third-order valence-electron chi connectivity index (χ3n) is 0.349. The van der Waals surface area contributed by atoms with Crippen molar-refractivity contribution in [3.8, 4) is 0 Å². The topological polar surface area (TPSA) is 155 Å². The van der Waals surface area contributed by atoms with Crippen molar-refractivity contribution in [3.05, 3.63) is 0 Å². The molecule has 0 aliphatic heterocycles. The van der Waals surface area contributed by atoms with Crippen molar-refractivity contribution < 1.29 is 121 Å². The summed E-state index contributed by atoms with van der Waals surface area (Å²) in [6.07, 6.45) is 0. The molecule has 0 amide bonds. The van der Waals surface area contributed by atoms with Crippen molar-refractivity contribution in [2.75, 3.05) is 0 Å². The first-order chi connectivity index (χ1) is 5.29. The summed E-state index contributed by atoms with van der Waals surface area (Å²) in [5.74, 6) is -8.02. The number of carbonyl (C=O) groups is 4. The normalized spacial score (nSPS) is 5.50. The van der Waals surface area contributed by atoms with Crippen molar-refractivity contribution in [3.63, 3.8) is 0 Å². The molecule has 0 unspecified atom stereocenters. The molecule has 0 saturated carbocycles. The number of hydrogen-bond donors (Lipinski definition) is 2. The van der Waals surface area contributed by atoms with E-state index in [1.54, 1.807) is 0 Å². The Bertz CT molecular complexity index is 184. The molecular formula is C4H2Li2O8Ti2. The minimum Gasteiger partial charge on any atom is -0.539 e. The van der Waals surface area contributed by atoms with E-state index in [-0.39, 0.29) is 81.2 Å². The van der Waals surface area contributed by atoms with Crippen LogP contribution in [0.1, 0.15) is 0 Å². The number of carboxylic acid groups (broad SMARTS) is 4. The Morgan fingerprint density at radius 3 is 0.750 bits per heavy atom. The number of aliphatic carboxylic acids is 4. The Morgan fingerprint density at radius 2 is 0.750 bits per heavy atom. The van der Waals surface area contributed by atoms with Crippen LogP contribution in [-0.2, 0) is 62.6 Å². The third kappa shape index (κ3) is 36.6. The van der Waals surface area contributed by atoms with E-state index in [0.29, 0.717) is 0 Å². The fraction of sp³-hybridized carbons (Fsp3) is 0. The number of carboxylic acids is 4. The van der Waals surface area contributed by atoms with E-state index in [4.69, 9.17) is 39.6 Å². The van der Waals surface area contributed by atoms with Crippen LogP contribution in [-0.4, -0.2) is 34.1 Å². The Labute approximate surface area is 143 Å². The van der Waals surface area contributed by atoms with Crippen LogP contribution < -0.4 is 47.9 Å². The van der Waals surface area contributed by atoms with Gasteiger partial charge < -0.3 is 30.0 Å². The molecule has 16 heavy (non-hydrogen) atoms. The fourth-order valence-electron chi connectivity index (χ4n) is 0. The van der Waals surface area contributed by atoms with Gasteiger partial charge in [0.15, 0.2) is 11.9 Å². The maximum absolute atomic E-state index is 9.04. The van der Waals surface area contributed by atoms with Crippen molar-refractivity contribution in [1.29, 1.82) is 0 Å². The van der Waals surface area contributed by atoms with Gasteiger partial charge in [0.2, 0.25) is 0 Å². The maximum atomic E-state index is 9.04. The van der Waals surface area contributed by atoms with Crippen LogP contribution in [0.3, 0.4) is 0 Å². The number of rotatable bonds is 0. The van der Waals surface area contributed by atoms with E-state index in [0.717, 1.165) is 0 Å². The summed E-state index contributed by atoms with van der Waals surface area (Å²) in [6, 6.07) is 0. The van der Waals surface area contributed by atoms with Gasteiger partial charge in [-0.15, -0.1) is 0 Å². The van der Waals surface area contributed by atoms with Crippen LogP contribution >= 0.6 is 0 Å². The second-order valence-electron chi connectivity index (χ2n) is 1.19. The summed E-state index contributed by atoms with van der Waals surface area (Å²) >= 11 is 0. The van der Waals surface area contributed by atoms with Crippen LogP contribution in [0.4, 0.5) is 0 Å². The molecule has 0 rings (SSSR count). The Balaban J connectivity index is -0.0000000250. The largest absolute Gasteiger partial charge is 1.00 e. The van der Waals surface area contributed by atoms with Crippen LogP contribution in [0.15, 0.2) is 0 Å². The number of carbonyl (C=O) groups excluding carboxylic acids is 2. The molecule has 0 heterocycles. The molecule has 76 valence electrons. The SMILES string of the molecule is O=C([O-])C(=O)O.O=C([O-])C(=O)O.[Li+].[Li+].[Ti].[Ti]. The molecule has 0 aromatic heterocycles. The fourth-order valence-corrected chi connectivity index (χ4v) is 0. The first-order valence-electron chi connectivity index (χ1n) is 2.17. The Hall–Kier alpha value is 0.503. The van der Waals surface area contributed by atoms with Gasteiger partial charge in [-0.1, -0.05) is 0 Å². The predicted molar refractivity (Wildman–Crippen MR) is 25.3 cm³/mol. The molecule has 0 saturated heterocycles. The average molecular weight is 288 g/mol. The van der Waals surface area contributed by atoms with Gasteiger partial charge in [0.1, 0.15) is 0 Å². The molecule has 0 atom stereocenters.